The van der Waals surface area contributed by atoms with Crippen molar-refractivity contribution >= 4 is 27.6 Å². The Morgan fingerprint density at radius 2 is 1.34 bits per heavy atom. The topological polar surface area (TPSA) is 28.1 Å². The minimum atomic E-state index is 0.0499. The molecule has 4 nitrogen and oxygen atoms in total. The Morgan fingerprint density at radius 1 is 0.771 bits per heavy atom. The molecule has 2 aliphatic rings. The number of amidine groups is 1. The van der Waals surface area contributed by atoms with Crippen LogP contribution >= 0.6 is 0 Å². The zero-order valence-electron chi connectivity index (χ0n) is 20.6. The summed E-state index contributed by atoms with van der Waals surface area (Å²) in [5, 5.41) is 5.07. The summed E-state index contributed by atoms with van der Waals surface area (Å²) in [6, 6.07) is 31.5. The highest BCUT2D eigenvalue weighted by Crippen LogP contribution is 2.39. The molecule has 0 saturated heterocycles. The van der Waals surface area contributed by atoms with Crippen molar-refractivity contribution in [2.75, 3.05) is 13.3 Å². The predicted molar refractivity (Wildman–Crippen MR) is 144 cm³/mol. The van der Waals surface area contributed by atoms with E-state index in [2.05, 4.69) is 128 Å². The Hall–Kier alpha value is -3.79. The summed E-state index contributed by atoms with van der Waals surface area (Å²) in [6.45, 7) is 7.98. The summed E-state index contributed by atoms with van der Waals surface area (Å²) in [5.74, 6) is 0. The van der Waals surface area contributed by atoms with Gasteiger partial charge >= 0.3 is 0 Å². The lowest BCUT2D eigenvalue weighted by Gasteiger charge is -2.32. The van der Waals surface area contributed by atoms with E-state index in [0.29, 0.717) is 13.3 Å². The normalized spacial score (nSPS) is 18.1. The molecule has 0 radical (unpaired) electrons. The Balaban J connectivity index is 1.44. The molecule has 4 aromatic carbocycles. The van der Waals surface area contributed by atoms with Gasteiger partial charge in [-0.2, -0.15) is 0 Å². The lowest BCUT2D eigenvalue weighted by Crippen LogP contribution is -2.33. The number of hydrogen-bond acceptors (Lipinski definition) is 4. The molecule has 1 atom stereocenters. The van der Waals surface area contributed by atoms with Crippen LogP contribution in [0.2, 0.25) is 0 Å². The number of aliphatic imine (C=N–C) groups is 1. The van der Waals surface area contributed by atoms with Crippen LogP contribution in [0.5, 0.6) is 0 Å². The van der Waals surface area contributed by atoms with Gasteiger partial charge < -0.3 is 9.64 Å². The first kappa shape index (κ1) is 21.7. The van der Waals surface area contributed by atoms with Gasteiger partial charge in [0.25, 0.3) is 6.02 Å². The van der Waals surface area contributed by atoms with E-state index < -0.39 is 0 Å². The van der Waals surface area contributed by atoms with Crippen molar-refractivity contribution in [2.24, 2.45) is 10.4 Å². The van der Waals surface area contributed by atoms with Crippen molar-refractivity contribution in [1.29, 1.82) is 0 Å². The Bertz CT molecular complexity index is 1360. The highest BCUT2D eigenvalue weighted by molar-refractivity contribution is 5.90. The van der Waals surface area contributed by atoms with Crippen LogP contribution in [-0.4, -0.2) is 35.1 Å². The minimum Gasteiger partial charge on any atom is -0.463 e. The third-order valence-electron chi connectivity index (χ3n) is 7.20. The Labute approximate surface area is 207 Å². The minimum absolute atomic E-state index is 0.0499. The van der Waals surface area contributed by atoms with Crippen molar-refractivity contribution in [3.8, 4) is 0 Å². The monoisotopic (exact) mass is 461 g/mol. The third-order valence-corrected chi connectivity index (χ3v) is 7.20. The van der Waals surface area contributed by atoms with Crippen molar-refractivity contribution in [3.05, 3.63) is 108 Å². The first-order valence-electron chi connectivity index (χ1n) is 12.4. The Morgan fingerprint density at radius 3 is 1.91 bits per heavy atom. The molecular weight excluding hydrogens is 430 g/mol. The fourth-order valence-corrected chi connectivity index (χ4v) is 5.19. The average Bonchev–Trinajstić information content (AvgIpc) is 3.55. The van der Waals surface area contributed by atoms with Crippen LogP contribution in [0.3, 0.4) is 0 Å². The first-order chi connectivity index (χ1) is 17.0. The molecule has 6 rings (SSSR count). The molecule has 0 amide bonds. The second kappa shape index (κ2) is 8.46. The molecule has 4 heteroatoms. The van der Waals surface area contributed by atoms with Crippen LogP contribution in [0.25, 0.3) is 21.5 Å². The van der Waals surface area contributed by atoms with Gasteiger partial charge in [-0.3, -0.25) is 4.90 Å². The fourth-order valence-electron chi connectivity index (χ4n) is 5.19. The standard InChI is InChI=1S/C31H31N3O/c1-31(2,3)28-20-35-30(32-28)34-19-18-33(21-34)29(26-16-8-12-22-10-4-6-14-24(22)26)27-17-9-13-23-11-5-7-15-25(23)27/h4-19,28-29H,20-21H2,1-3H3/t28-/m1/s1. The number of rotatable bonds is 3. The molecule has 0 aromatic heterocycles. The number of nitrogens with zero attached hydrogens (tertiary/aromatic N) is 3. The molecule has 176 valence electrons. The van der Waals surface area contributed by atoms with Crippen LogP contribution < -0.4 is 0 Å². The highest BCUT2D eigenvalue weighted by Gasteiger charge is 2.35. The van der Waals surface area contributed by atoms with E-state index in [1.165, 1.54) is 32.7 Å². The molecule has 35 heavy (non-hydrogen) atoms. The molecule has 2 heterocycles. The van der Waals surface area contributed by atoms with E-state index in [0.717, 1.165) is 6.02 Å². The van der Waals surface area contributed by atoms with Crippen molar-refractivity contribution in [2.45, 2.75) is 32.9 Å². The quantitative estimate of drug-likeness (QED) is 0.331. The summed E-state index contributed by atoms with van der Waals surface area (Å²) in [4.78, 5) is 9.46. The summed E-state index contributed by atoms with van der Waals surface area (Å²) < 4.78 is 6.05. The fraction of sp³-hybridized carbons (Fsp3) is 0.258. The highest BCUT2D eigenvalue weighted by atomic mass is 16.5. The van der Waals surface area contributed by atoms with Gasteiger partial charge in [0.1, 0.15) is 6.61 Å². The maximum Gasteiger partial charge on any atom is 0.293 e. The van der Waals surface area contributed by atoms with Crippen LogP contribution in [0.1, 0.15) is 37.9 Å². The Kier molecular flexibility index (Phi) is 5.25. The second-order valence-electron chi connectivity index (χ2n) is 10.6. The SMILES string of the molecule is CC(C)(C)[C@H]1COC(N2C=CN(C(c3cccc4ccccc34)c3cccc4ccccc34)C2)=N1. The van der Waals surface area contributed by atoms with Crippen LogP contribution in [0.15, 0.2) is 102 Å². The van der Waals surface area contributed by atoms with E-state index in [4.69, 9.17) is 9.73 Å². The van der Waals surface area contributed by atoms with Gasteiger partial charge in [-0.05, 0) is 38.1 Å². The summed E-state index contributed by atoms with van der Waals surface area (Å²) >= 11 is 0. The molecule has 4 aromatic rings. The number of hydrogen-bond donors (Lipinski definition) is 0. The van der Waals surface area contributed by atoms with E-state index in [9.17, 15) is 0 Å². The van der Waals surface area contributed by atoms with Crippen molar-refractivity contribution in [3.63, 3.8) is 0 Å². The molecule has 0 bridgehead atoms. The molecule has 0 fully saturated rings. The third kappa shape index (κ3) is 3.93. The lowest BCUT2D eigenvalue weighted by molar-refractivity contribution is 0.207. The van der Waals surface area contributed by atoms with Gasteiger partial charge in [-0.15, -0.1) is 0 Å². The summed E-state index contributed by atoms with van der Waals surface area (Å²) in [6.07, 6.45) is 4.29. The maximum atomic E-state index is 6.05. The number of fused-ring (bicyclic) bond motifs is 2. The van der Waals surface area contributed by atoms with Crippen molar-refractivity contribution in [1.82, 2.24) is 9.80 Å². The van der Waals surface area contributed by atoms with Gasteiger partial charge in [0.2, 0.25) is 0 Å². The van der Waals surface area contributed by atoms with E-state index in [-0.39, 0.29) is 17.5 Å². The van der Waals surface area contributed by atoms with Crippen molar-refractivity contribution < 1.29 is 4.74 Å². The molecule has 0 saturated carbocycles. The van der Waals surface area contributed by atoms with Crippen LogP contribution in [0.4, 0.5) is 0 Å². The molecule has 0 N–H and O–H groups in total. The first-order valence-corrected chi connectivity index (χ1v) is 12.4. The second-order valence-corrected chi connectivity index (χ2v) is 10.6. The molecule has 2 aliphatic heterocycles. The van der Waals surface area contributed by atoms with Crippen LogP contribution in [0, 0.1) is 5.41 Å². The van der Waals surface area contributed by atoms with Gasteiger partial charge in [-0.1, -0.05) is 106 Å². The van der Waals surface area contributed by atoms with E-state index >= 15 is 0 Å². The van der Waals surface area contributed by atoms with Gasteiger partial charge in [0, 0.05) is 12.4 Å². The zero-order chi connectivity index (χ0) is 24.0. The maximum absolute atomic E-state index is 6.05. The predicted octanol–water partition coefficient (Wildman–Crippen LogP) is 6.93. The van der Waals surface area contributed by atoms with Crippen LogP contribution in [-0.2, 0) is 4.74 Å². The average molecular weight is 462 g/mol. The largest absolute Gasteiger partial charge is 0.463 e. The lowest BCUT2D eigenvalue weighted by atomic mass is 9.88. The smallest absolute Gasteiger partial charge is 0.293 e. The van der Waals surface area contributed by atoms with Gasteiger partial charge in [0.05, 0.1) is 18.8 Å². The van der Waals surface area contributed by atoms with Gasteiger partial charge in [-0.25, -0.2) is 4.99 Å². The molecule has 0 aliphatic carbocycles. The van der Waals surface area contributed by atoms with E-state index in [1.807, 2.05) is 0 Å². The molecular formula is C31H31N3O. The summed E-state index contributed by atoms with van der Waals surface area (Å²) in [5.41, 5.74) is 2.68. The number of ether oxygens (including phenoxy) is 1. The summed E-state index contributed by atoms with van der Waals surface area (Å²) in [7, 11) is 0. The molecule has 0 unspecified atom stereocenters. The van der Waals surface area contributed by atoms with Gasteiger partial charge in [0.15, 0.2) is 0 Å². The van der Waals surface area contributed by atoms with E-state index in [1.54, 1.807) is 0 Å². The molecule has 0 spiro atoms. The zero-order valence-corrected chi connectivity index (χ0v) is 20.6. The number of benzene rings is 4.